The van der Waals surface area contributed by atoms with Crippen LogP contribution in [0.4, 0.5) is 11.4 Å². The highest BCUT2D eigenvalue weighted by atomic mass is 35.5. The van der Waals surface area contributed by atoms with Crippen LogP contribution in [-0.4, -0.2) is 41.4 Å². The van der Waals surface area contributed by atoms with E-state index in [1.165, 1.54) is 21.6 Å². The van der Waals surface area contributed by atoms with Gasteiger partial charge in [0.15, 0.2) is 0 Å². The van der Waals surface area contributed by atoms with Crippen LogP contribution in [0.1, 0.15) is 16.8 Å². The Hall–Kier alpha value is -2.91. The molecule has 1 amide bonds. The molecule has 0 atom stereocenters. The molecule has 1 aromatic heterocycles. The van der Waals surface area contributed by atoms with E-state index in [9.17, 15) is 13.2 Å². The van der Waals surface area contributed by atoms with E-state index in [1.807, 2.05) is 0 Å². The van der Waals surface area contributed by atoms with E-state index in [0.29, 0.717) is 40.6 Å². The van der Waals surface area contributed by atoms with E-state index in [1.54, 1.807) is 42.5 Å². The van der Waals surface area contributed by atoms with Crippen LogP contribution in [0.15, 0.2) is 55.1 Å². The Morgan fingerprint density at radius 2 is 2.04 bits per heavy atom. The molecule has 1 saturated heterocycles. The molecule has 0 unspecified atom stereocenters. The maximum Gasteiger partial charge on any atom is 0.255 e. The monoisotopic (exact) mass is 417 g/mol. The molecule has 2 aromatic carbocycles. The molecule has 0 saturated carbocycles. The Labute approximate surface area is 166 Å². The molecule has 144 valence electrons. The van der Waals surface area contributed by atoms with E-state index in [2.05, 4.69) is 15.4 Å². The maximum absolute atomic E-state index is 12.8. The van der Waals surface area contributed by atoms with Gasteiger partial charge in [-0.15, -0.1) is 0 Å². The Kier molecular flexibility index (Phi) is 4.78. The largest absolute Gasteiger partial charge is 0.320 e. The number of amides is 1. The van der Waals surface area contributed by atoms with Crippen molar-refractivity contribution in [1.82, 2.24) is 14.8 Å². The minimum Gasteiger partial charge on any atom is -0.320 e. The number of rotatable bonds is 4. The summed E-state index contributed by atoms with van der Waals surface area (Å²) in [6.45, 7) is 0.415. The van der Waals surface area contributed by atoms with Crippen molar-refractivity contribution in [3.05, 3.63) is 65.7 Å². The number of hydrogen-bond acceptors (Lipinski definition) is 5. The average Bonchev–Trinajstić information content (AvgIpc) is 3.31. The normalized spacial score (nSPS) is 15.5. The second-order valence-corrected chi connectivity index (χ2v) is 8.70. The second-order valence-electron chi connectivity index (χ2n) is 6.25. The van der Waals surface area contributed by atoms with Crippen LogP contribution in [0, 0.1) is 0 Å². The molecule has 8 nitrogen and oxygen atoms in total. The van der Waals surface area contributed by atoms with Gasteiger partial charge in [0.25, 0.3) is 5.91 Å². The van der Waals surface area contributed by atoms with Crippen molar-refractivity contribution < 1.29 is 13.2 Å². The number of anilines is 2. The summed E-state index contributed by atoms with van der Waals surface area (Å²) in [7, 11) is -3.32. The van der Waals surface area contributed by atoms with Crippen LogP contribution in [0.2, 0.25) is 5.02 Å². The van der Waals surface area contributed by atoms with Crippen LogP contribution < -0.4 is 9.62 Å². The van der Waals surface area contributed by atoms with Crippen molar-refractivity contribution in [2.24, 2.45) is 0 Å². The SMILES string of the molecule is O=C(Nc1cc(Cl)ccc1-n1cncn1)c1cccc(N2CCCS2(=O)=O)c1. The van der Waals surface area contributed by atoms with E-state index >= 15 is 0 Å². The smallest absolute Gasteiger partial charge is 0.255 e. The van der Waals surface area contributed by atoms with Gasteiger partial charge in [0, 0.05) is 17.1 Å². The lowest BCUT2D eigenvalue weighted by atomic mass is 10.1. The van der Waals surface area contributed by atoms with Crippen LogP contribution in [-0.2, 0) is 10.0 Å². The molecule has 1 aliphatic heterocycles. The number of carbonyl (C=O) groups is 1. The minimum absolute atomic E-state index is 0.118. The average molecular weight is 418 g/mol. The Morgan fingerprint density at radius 3 is 2.75 bits per heavy atom. The first-order valence-corrected chi connectivity index (χ1v) is 10.5. The third-order valence-electron chi connectivity index (χ3n) is 4.37. The van der Waals surface area contributed by atoms with E-state index in [0.717, 1.165) is 0 Å². The quantitative estimate of drug-likeness (QED) is 0.703. The topological polar surface area (TPSA) is 97.2 Å². The zero-order valence-corrected chi connectivity index (χ0v) is 16.2. The van der Waals surface area contributed by atoms with Gasteiger partial charge in [-0.25, -0.2) is 18.1 Å². The van der Waals surface area contributed by atoms with E-state index < -0.39 is 10.0 Å². The van der Waals surface area contributed by atoms with Crippen LogP contribution in [0.5, 0.6) is 0 Å². The summed E-state index contributed by atoms with van der Waals surface area (Å²) in [5.41, 5.74) is 1.88. The first kappa shape index (κ1) is 18.5. The molecular formula is C18H16ClN5O3S. The highest BCUT2D eigenvalue weighted by Crippen LogP contribution is 2.27. The maximum atomic E-state index is 12.8. The Morgan fingerprint density at radius 1 is 1.18 bits per heavy atom. The van der Waals surface area contributed by atoms with Gasteiger partial charge in [0.2, 0.25) is 10.0 Å². The first-order chi connectivity index (χ1) is 13.4. The van der Waals surface area contributed by atoms with Gasteiger partial charge < -0.3 is 5.32 Å². The summed E-state index contributed by atoms with van der Waals surface area (Å²) in [4.78, 5) is 16.7. The summed E-state index contributed by atoms with van der Waals surface area (Å²) in [5.74, 6) is -0.269. The predicted octanol–water partition coefficient (Wildman–Crippen LogP) is 2.71. The Bertz CT molecular complexity index is 1130. The molecule has 2 heterocycles. The van der Waals surface area contributed by atoms with Crippen molar-refractivity contribution in [3.8, 4) is 5.69 Å². The number of carbonyl (C=O) groups excluding carboxylic acids is 1. The Balaban J connectivity index is 1.64. The molecule has 1 fully saturated rings. The fraction of sp³-hybridized carbons (Fsp3) is 0.167. The zero-order chi connectivity index (χ0) is 19.7. The molecule has 0 spiro atoms. The number of sulfonamides is 1. The molecule has 0 aliphatic carbocycles. The molecule has 0 bridgehead atoms. The predicted molar refractivity (Wildman–Crippen MR) is 107 cm³/mol. The van der Waals surface area contributed by atoms with Gasteiger partial charge in [-0.1, -0.05) is 17.7 Å². The number of aromatic nitrogens is 3. The van der Waals surface area contributed by atoms with Gasteiger partial charge >= 0.3 is 0 Å². The molecule has 10 heteroatoms. The van der Waals surface area contributed by atoms with Gasteiger partial charge in [-0.05, 0) is 42.8 Å². The van der Waals surface area contributed by atoms with Crippen molar-refractivity contribution in [3.63, 3.8) is 0 Å². The summed E-state index contributed by atoms with van der Waals surface area (Å²) in [6, 6.07) is 11.6. The zero-order valence-electron chi connectivity index (χ0n) is 14.6. The standard InChI is InChI=1S/C18H16ClN5O3S/c19-14-5-6-17(23-12-20-11-21-23)16(10-14)22-18(25)13-3-1-4-15(9-13)24-7-2-8-28(24,26)27/h1,3-6,9-12H,2,7-8H2,(H,22,25). The van der Waals surface area contributed by atoms with E-state index in [4.69, 9.17) is 11.6 Å². The fourth-order valence-corrected chi connectivity index (χ4v) is 4.80. The van der Waals surface area contributed by atoms with Crippen LogP contribution >= 0.6 is 11.6 Å². The van der Waals surface area contributed by atoms with Crippen molar-refractivity contribution in [2.75, 3.05) is 21.9 Å². The lowest BCUT2D eigenvalue weighted by molar-refractivity contribution is 0.102. The highest BCUT2D eigenvalue weighted by molar-refractivity contribution is 7.93. The molecule has 3 aromatic rings. The van der Waals surface area contributed by atoms with Gasteiger partial charge in [0.1, 0.15) is 12.7 Å². The molecular weight excluding hydrogens is 402 g/mol. The number of nitrogens with one attached hydrogen (secondary N) is 1. The van der Waals surface area contributed by atoms with Crippen LogP contribution in [0.25, 0.3) is 5.69 Å². The summed E-state index contributed by atoms with van der Waals surface area (Å²) in [6.07, 6.45) is 3.47. The number of halogens is 1. The van der Waals surface area contributed by atoms with Gasteiger partial charge in [-0.3, -0.25) is 9.10 Å². The number of nitrogens with zero attached hydrogens (tertiary/aromatic N) is 4. The lowest BCUT2D eigenvalue weighted by Gasteiger charge is -2.18. The summed E-state index contributed by atoms with van der Waals surface area (Å²) in [5, 5.41) is 7.35. The number of hydrogen-bond donors (Lipinski definition) is 1. The lowest BCUT2D eigenvalue weighted by Crippen LogP contribution is -2.25. The van der Waals surface area contributed by atoms with Gasteiger partial charge in [-0.2, -0.15) is 5.10 Å². The third kappa shape index (κ3) is 3.58. The first-order valence-electron chi connectivity index (χ1n) is 8.50. The van der Waals surface area contributed by atoms with Crippen LogP contribution in [0.3, 0.4) is 0 Å². The second kappa shape index (κ2) is 7.25. The minimum atomic E-state index is -3.32. The number of benzene rings is 2. The molecule has 0 radical (unpaired) electrons. The molecule has 1 aliphatic rings. The molecule has 1 N–H and O–H groups in total. The van der Waals surface area contributed by atoms with Crippen molar-refractivity contribution in [1.29, 1.82) is 0 Å². The molecule has 4 rings (SSSR count). The van der Waals surface area contributed by atoms with Crippen molar-refractivity contribution in [2.45, 2.75) is 6.42 Å². The van der Waals surface area contributed by atoms with Crippen molar-refractivity contribution >= 4 is 38.9 Å². The third-order valence-corrected chi connectivity index (χ3v) is 6.47. The van der Waals surface area contributed by atoms with E-state index in [-0.39, 0.29) is 11.7 Å². The van der Waals surface area contributed by atoms with Gasteiger partial charge in [0.05, 0.1) is 22.8 Å². The fourth-order valence-electron chi connectivity index (χ4n) is 3.07. The highest BCUT2D eigenvalue weighted by Gasteiger charge is 2.28. The molecule has 28 heavy (non-hydrogen) atoms. The summed E-state index contributed by atoms with van der Waals surface area (Å²) >= 11 is 6.08. The summed E-state index contributed by atoms with van der Waals surface area (Å²) < 4.78 is 27.1.